The van der Waals surface area contributed by atoms with Crippen LogP contribution >= 0.6 is 0 Å². The number of hydrogen-bond donors (Lipinski definition) is 0. The van der Waals surface area contributed by atoms with E-state index >= 15 is 0 Å². The van der Waals surface area contributed by atoms with E-state index in [1.54, 1.807) is 0 Å². The summed E-state index contributed by atoms with van der Waals surface area (Å²) in [6.07, 6.45) is 2.10. The van der Waals surface area contributed by atoms with Gasteiger partial charge in [-0.15, -0.1) is 0 Å². The van der Waals surface area contributed by atoms with Crippen LogP contribution in [0, 0.1) is 0 Å². The van der Waals surface area contributed by atoms with E-state index in [0.717, 1.165) is 12.3 Å². The first-order valence-electron chi connectivity index (χ1n) is 6.86. The van der Waals surface area contributed by atoms with Crippen LogP contribution in [0.2, 0.25) is 0 Å². The Morgan fingerprint density at radius 3 is 2.63 bits per heavy atom. The zero-order valence-corrected chi connectivity index (χ0v) is 12.3. The van der Waals surface area contributed by atoms with Gasteiger partial charge in [-0.1, -0.05) is 6.07 Å². The van der Waals surface area contributed by atoms with Gasteiger partial charge in [0.2, 0.25) is 0 Å². The van der Waals surface area contributed by atoms with Crippen LogP contribution in [0.4, 0.5) is 0 Å². The zero-order valence-electron chi connectivity index (χ0n) is 12.3. The van der Waals surface area contributed by atoms with Crippen LogP contribution in [0.3, 0.4) is 0 Å². The summed E-state index contributed by atoms with van der Waals surface area (Å²) >= 11 is 0. The van der Waals surface area contributed by atoms with Gasteiger partial charge in [0.1, 0.15) is 5.75 Å². The number of benzene rings is 1. The van der Waals surface area contributed by atoms with E-state index in [4.69, 9.17) is 9.47 Å². The molecule has 0 aliphatic heterocycles. The van der Waals surface area contributed by atoms with Crippen molar-refractivity contribution in [3.63, 3.8) is 0 Å². The van der Waals surface area contributed by atoms with Crippen molar-refractivity contribution in [2.75, 3.05) is 13.2 Å². The van der Waals surface area contributed by atoms with Crippen LogP contribution in [0.15, 0.2) is 30.5 Å². The standard InChI is InChI=1S/C16H23NO2/c1-5-18-15-8-6-7-14-13(15)9-10-17(14)11-12-19-16(2,3)4/h6-10H,5,11-12H2,1-4H3. The molecule has 0 atom stereocenters. The molecule has 0 saturated heterocycles. The lowest BCUT2D eigenvalue weighted by Crippen LogP contribution is -2.21. The Balaban J connectivity index is 2.14. The fourth-order valence-corrected chi connectivity index (χ4v) is 2.12. The average Bonchev–Trinajstić information content (AvgIpc) is 2.73. The summed E-state index contributed by atoms with van der Waals surface area (Å²) in [5, 5.41) is 1.17. The monoisotopic (exact) mass is 261 g/mol. The van der Waals surface area contributed by atoms with Crippen LogP contribution in [-0.4, -0.2) is 23.4 Å². The van der Waals surface area contributed by atoms with E-state index in [1.165, 1.54) is 10.9 Å². The molecule has 2 rings (SSSR count). The van der Waals surface area contributed by atoms with Crippen molar-refractivity contribution in [1.82, 2.24) is 4.57 Å². The number of aromatic nitrogens is 1. The van der Waals surface area contributed by atoms with Gasteiger partial charge < -0.3 is 14.0 Å². The smallest absolute Gasteiger partial charge is 0.128 e. The van der Waals surface area contributed by atoms with Gasteiger partial charge in [-0.3, -0.25) is 0 Å². The van der Waals surface area contributed by atoms with Crippen molar-refractivity contribution in [3.8, 4) is 5.75 Å². The molecule has 2 aromatic rings. The predicted molar refractivity (Wildman–Crippen MR) is 78.8 cm³/mol. The summed E-state index contributed by atoms with van der Waals surface area (Å²) in [6.45, 7) is 10.5. The minimum absolute atomic E-state index is 0.0839. The van der Waals surface area contributed by atoms with Crippen LogP contribution in [0.25, 0.3) is 10.9 Å². The summed E-state index contributed by atoms with van der Waals surface area (Å²) in [6, 6.07) is 8.28. The van der Waals surface area contributed by atoms with Crippen molar-refractivity contribution in [3.05, 3.63) is 30.5 Å². The summed E-state index contributed by atoms with van der Waals surface area (Å²) in [5.41, 5.74) is 1.11. The van der Waals surface area contributed by atoms with Crippen LogP contribution in [0.5, 0.6) is 5.75 Å². The molecule has 0 spiro atoms. The molecule has 0 saturated carbocycles. The lowest BCUT2D eigenvalue weighted by atomic mass is 10.2. The molecule has 0 fully saturated rings. The molecule has 0 amide bonds. The fraction of sp³-hybridized carbons (Fsp3) is 0.500. The average molecular weight is 261 g/mol. The van der Waals surface area contributed by atoms with Crippen molar-refractivity contribution in [2.24, 2.45) is 0 Å². The Bertz CT molecular complexity index is 537. The van der Waals surface area contributed by atoms with Gasteiger partial charge in [-0.25, -0.2) is 0 Å². The Kier molecular flexibility index (Phi) is 4.15. The van der Waals surface area contributed by atoms with E-state index in [2.05, 4.69) is 43.7 Å². The van der Waals surface area contributed by atoms with E-state index in [1.807, 2.05) is 19.1 Å². The second kappa shape index (κ2) is 5.66. The van der Waals surface area contributed by atoms with Crippen LogP contribution in [-0.2, 0) is 11.3 Å². The third-order valence-corrected chi connectivity index (χ3v) is 2.94. The molecule has 3 heteroatoms. The maximum atomic E-state index is 5.78. The summed E-state index contributed by atoms with van der Waals surface area (Å²) in [5.74, 6) is 0.954. The Hall–Kier alpha value is -1.48. The molecule has 1 heterocycles. The minimum Gasteiger partial charge on any atom is -0.493 e. The number of rotatable bonds is 5. The van der Waals surface area contributed by atoms with Crippen LogP contribution in [0.1, 0.15) is 27.7 Å². The third-order valence-electron chi connectivity index (χ3n) is 2.94. The highest BCUT2D eigenvalue weighted by atomic mass is 16.5. The molecular weight excluding hydrogens is 238 g/mol. The molecule has 0 aliphatic rings. The van der Waals surface area contributed by atoms with Crippen molar-refractivity contribution >= 4 is 10.9 Å². The van der Waals surface area contributed by atoms with Gasteiger partial charge >= 0.3 is 0 Å². The number of nitrogens with zero attached hydrogens (tertiary/aromatic N) is 1. The highest BCUT2D eigenvalue weighted by molar-refractivity contribution is 5.86. The molecule has 104 valence electrons. The molecule has 0 radical (unpaired) electrons. The van der Waals surface area contributed by atoms with Gasteiger partial charge in [0.05, 0.1) is 24.3 Å². The molecule has 0 unspecified atom stereocenters. The predicted octanol–water partition coefficient (Wildman–Crippen LogP) is 3.86. The number of hydrogen-bond acceptors (Lipinski definition) is 2. The molecule has 1 aromatic carbocycles. The van der Waals surface area contributed by atoms with Crippen molar-refractivity contribution in [2.45, 2.75) is 39.8 Å². The molecule has 0 aliphatic carbocycles. The SMILES string of the molecule is CCOc1cccc2c1ccn2CCOC(C)(C)C. The third kappa shape index (κ3) is 3.51. The first kappa shape index (κ1) is 13.9. The minimum atomic E-state index is -0.0839. The van der Waals surface area contributed by atoms with E-state index < -0.39 is 0 Å². The van der Waals surface area contributed by atoms with Gasteiger partial charge in [-0.2, -0.15) is 0 Å². The van der Waals surface area contributed by atoms with E-state index in [-0.39, 0.29) is 5.60 Å². The second-order valence-electron chi connectivity index (χ2n) is 5.59. The van der Waals surface area contributed by atoms with Gasteiger partial charge in [0, 0.05) is 18.1 Å². The number of fused-ring (bicyclic) bond motifs is 1. The molecule has 1 aromatic heterocycles. The van der Waals surface area contributed by atoms with Gasteiger partial charge in [0.25, 0.3) is 0 Å². The lowest BCUT2D eigenvalue weighted by molar-refractivity contribution is -0.00644. The zero-order chi connectivity index (χ0) is 13.9. The van der Waals surface area contributed by atoms with Gasteiger partial charge in [0.15, 0.2) is 0 Å². The molecule has 3 nitrogen and oxygen atoms in total. The Morgan fingerprint density at radius 2 is 1.95 bits per heavy atom. The summed E-state index contributed by atoms with van der Waals surface area (Å²) in [4.78, 5) is 0. The summed E-state index contributed by atoms with van der Waals surface area (Å²) in [7, 11) is 0. The molecule has 0 bridgehead atoms. The number of ether oxygens (including phenoxy) is 2. The Morgan fingerprint density at radius 1 is 1.16 bits per heavy atom. The van der Waals surface area contributed by atoms with E-state index in [0.29, 0.717) is 13.2 Å². The largest absolute Gasteiger partial charge is 0.493 e. The topological polar surface area (TPSA) is 23.4 Å². The molecule has 19 heavy (non-hydrogen) atoms. The normalized spacial score (nSPS) is 12.0. The highest BCUT2D eigenvalue weighted by Crippen LogP contribution is 2.26. The van der Waals surface area contributed by atoms with Crippen molar-refractivity contribution in [1.29, 1.82) is 0 Å². The van der Waals surface area contributed by atoms with Crippen molar-refractivity contribution < 1.29 is 9.47 Å². The molecule has 0 N–H and O–H groups in total. The van der Waals surface area contributed by atoms with Crippen LogP contribution < -0.4 is 4.74 Å². The fourth-order valence-electron chi connectivity index (χ4n) is 2.12. The maximum absolute atomic E-state index is 5.78. The lowest BCUT2D eigenvalue weighted by Gasteiger charge is -2.19. The Labute approximate surface area is 115 Å². The quantitative estimate of drug-likeness (QED) is 0.816. The maximum Gasteiger partial charge on any atom is 0.128 e. The highest BCUT2D eigenvalue weighted by Gasteiger charge is 2.10. The van der Waals surface area contributed by atoms with E-state index in [9.17, 15) is 0 Å². The first-order chi connectivity index (χ1) is 9.01. The summed E-state index contributed by atoms with van der Waals surface area (Å²) < 4.78 is 13.6. The second-order valence-corrected chi connectivity index (χ2v) is 5.59. The molecular formula is C16H23NO2. The van der Waals surface area contributed by atoms with Gasteiger partial charge in [-0.05, 0) is 45.9 Å². The first-order valence-corrected chi connectivity index (χ1v) is 6.86.